The van der Waals surface area contributed by atoms with Crippen molar-refractivity contribution in [3.63, 3.8) is 0 Å². The average molecular weight is 429 g/mol. The molecule has 1 aromatic rings. The van der Waals surface area contributed by atoms with Crippen LogP contribution in [0.25, 0.3) is 0 Å². The van der Waals surface area contributed by atoms with Gasteiger partial charge in [-0.3, -0.25) is 0 Å². The van der Waals surface area contributed by atoms with Gasteiger partial charge in [0.1, 0.15) is 0 Å². The number of sulfonamides is 2. The molecule has 0 aliphatic heterocycles. The molecule has 0 aromatic heterocycles. The quantitative estimate of drug-likeness (QED) is 0.442. The molecule has 1 unspecified atom stereocenters. The van der Waals surface area contributed by atoms with Crippen LogP contribution in [0.3, 0.4) is 0 Å². The van der Waals surface area contributed by atoms with Crippen LogP contribution in [0.15, 0.2) is 24.3 Å². The SMILES string of the molecule is CC(CNS(=O)(=O)C(C)C)c1ccc(C#CCCCNS(=O)(=O)C(C)C)cc1. The highest BCUT2D eigenvalue weighted by Gasteiger charge is 2.17. The summed E-state index contributed by atoms with van der Waals surface area (Å²) in [5.74, 6) is 6.17. The van der Waals surface area contributed by atoms with Crippen molar-refractivity contribution in [2.75, 3.05) is 13.1 Å². The maximum Gasteiger partial charge on any atom is 0.213 e. The molecule has 0 bridgehead atoms. The number of nitrogens with one attached hydrogen (secondary N) is 2. The molecule has 0 heterocycles. The first-order valence-electron chi connectivity index (χ1n) is 9.51. The fourth-order valence-electron chi connectivity index (χ4n) is 2.14. The minimum Gasteiger partial charge on any atom is -0.215 e. The van der Waals surface area contributed by atoms with Crippen molar-refractivity contribution < 1.29 is 16.8 Å². The van der Waals surface area contributed by atoms with Gasteiger partial charge in [0, 0.05) is 25.1 Å². The third kappa shape index (κ3) is 8.31. The molecule has 2 N–H and O–H groups in total. The maximum absolute atomic E-state index is 11.8. The van der Waals surface area contributed by atoms with Crippen LogP contribution in [0.2, 0.25) is 0 Å². The summed E-state index contributed by atoms with van der Waals surface area (Å²) in [6, 6.07) is 7.73. The molecule has 158 valence electrons. The first-order chi connectivity index (χ1) is 13.0. The van der Waals surface area contributed by atoms with Crippen LogP contribution in [0.1, 0.15) is 64.5 Å². The van der Waals surface area contributed by atoms with Crippen molar-refractivity contribution in [1.82, 2.24) is 9.44 Å². The molecule has 0 saturated heterocycles. The van der Waals surface area contributed by atoms with Crippen LogP contribution in [-0.2, 0) is 20.0 Å². The fourth-order valence-corrected chi connectivity index (χ4v) is 3.72. The highest BCUT2D eigenvalue weighted by atomic mass is 32.2. The number of hydrogen-bond acceptors (Lipinski definition) is 4. The zero-order valence-corrected chi connectivity index (χ0v) is 19.0. The van der Waals surface area contributed by atoms with Gasteiger partial charge in [-0.15, -0.1) is 0 Å². The Kier molecular flexibility index (Phi) is 9.64. The predicted molar refractivity (Wildman–Crippen MR) is 115 cm³/mol. The van der Waals surface area contributed by atoms with E-state index >= 15 is 0 Å². The molecular formula is C20H32N2O4S2. The summed E-state index contributed by atoms with van der Waals surface area (Å²) in [6.45, 7) is 9.31. The molecule has 1 aromatic carbocycles. The van der Waals surface area contributed by atoms with E-state index in [2.05, 4.69) is 21.3 Å². The van der Waals surface area contributed by atoms with E-state index in [1.165, 1.54) is 0 Å². The summed E-state index contributed by atoms with van der Waals surface area (Å²) < 4.78 is 52.1. The third-order valence-electron chi connectivity index (χ3n) is 4.33. The van der Waals surface area contributed by atoms with Gasteiger partial charge in [-0.2, -0.15) is 0 Å². The second kappa shape index (κ2) is 11.0. The summed E-state index contributed by atoms with van der Waals surface area (Å²) in [4.78, 5) is 0. The minimum atomic E-state index is -3.26. The third-order valence-corrected chi connectivity index (χ3v) is 7.98. The van der Waals surface area contributed by atoms with Crippen LogP contribution in [0, 0.1) is 11.8 Å². The lowest BCUT2D eigenvalue weighted by Crippen LogP contribution is -2.33. The van der Waals surface area contributed by atoms with Crippen molar-refractivity contribution in [1.29, 1.82) is 0 Å². The van der Waals surface area contributed by atoms with Crippen LogP contribution in [-0.4, -0.2) is 40.4 Å². The monoisotopic (exact) mass is 428 g/mol. The Hall–Kier alpha value is -1.40. The van der Waals surface area contributed by atoms with Gasteiger partial charge < -0.3 is 0 Å². The van der Waals surface area contributed by atoms with Gasteiger partial charge >= 0.3 is 0 Å². The summed E-state index contributed by atoms with van der Waals surface area (Å²) in [5, 5.41) is -0.877. The molecule has 8 heteroatoms. The molecule has 1 rings (SSSR count). The van der Waals surface area contributed by atoms with Crippen molar-refractivity contribution in [3.8, 4) is 11.8 Å². The second-order valence-corrected chi connectivity index (χ2v) is 12.0. The van der Waals surface area contributed by atoms with E-state index < -0.39 is 30.5 Å². The molecular weight excluding hydrogens is 396 g/mol. The lowest BCUT2D eigenvalue weighted by molar-refractivity contribution is 0.565. The summed E-state index contributed by atoms with van der Waals surface area (Å²) >= 11 is 0. The zero-order chi connectivity index (χ0) is 21.4. The number of rotatable bonds is 10. The number of unbranched alkanes of at least 4 members (excludes halogenated alkanes) is 1. The van der Waals surface area contributed by atoms with E-state index in [0.717, 1.165) is 11.1 Å². The number of benzene rings is 1. The van der Waals surface area contributed by atoms with Crippen molar-refractivity contribution >= 4 is 20.0 Å². The van der Waals surface area contributed by atoms with Gasteiger partial charge in [-0.25, -0.2) is 26.3 Å². The van der Waals surface area contributed by atoms with Gasteiger partial charge in [0.2, 0.25) is 20.0 Å². The molecule has 0 radical (unpaired) electrons. The topological polar surface area (TPSA) is 92.3 Å². The normalized spacial score (nSPS) is 13.4. The van der Waals surface area contributed by atoms with Crippen LogP contribution < -0.4 is 9.44 Å². The van der Waals surface area contributed by atoms with Gasteiger partial charge in [0.25, 0.3) is 0 Å². The Bertz CT molecular complexity index is 878. The Morgan fingerprint density at radius 1 is 0.857 bits per heavy atom. The van der Waals surface area contributed by atoms with Gasteiger partial charge in [-0.05, 0) is 57.7 Å². The first-order valence-corrected chi connectivity index (χ1v) is 12.6. The van der Waals surface area contributed by atoms with Gasteiger partial charge in [0.15, 0.2) is 0 Å². The van der Waals surface area contributed by atoms with E-state index in [0.29, 0.717) is 25.9 Å². The zero-order valence-electron chi connectivity index (χ0n) is 17.3. The highest BCUT2D eigenvalue weighted by Crippen LogP contribution is 2.15. The summed E-state index contributed by atoms with van der Waals surface area (Å²) in [7, 11) is -6.47. The Balaban J connectivity index is 2.48. The second-order valence-electron chi connectivity index (χ2n) is 7.36. The fraction of sp³-hybridized carbons (Fsp3) is 0.600. The standard InChI is InChI=1S/C20H32N2O4S2/c1-16(2)27(23,24)21-14-8-6-7-9-19-10-12-20(13-11-19)18(5)15-22-28(25,26)17(3)4/h10-13,16-18,21-22H,6,8,14-15H2,1-5H3. The molecule has 0 aliphatic carbocycles. The summed E-state index contributed by atoms with van der Waals surface area (Å²) in [6.07, 6.45) is 1.26. The molecule has 0 amide bonds. The largest absolute Gasteiger partial charge is 0.215 e. The Morgan fingerprint density at radius 2 is 1.39 bits per heavy atom. The van der Waals surface area contributed by atoms with Crippen molar-refractivity contribution in [2.24, 2.45) is 0 Å². The molecule has 1 atom stereocenters. The van der Waals surface area contributed by atoms with Gasteiger partial charge in [-0.1, -0.05) is 30.9 Å². The van der Waals surface area contributed by atoms with Crippen molar-refractivity contribution in [3.05, 3.63) is 35.4 Å². The lowest BCUT2D eigenvalue weighted by Gasteiger charge is -2.15. The molecule has 0 spiro atoms. The molecule has 28 heavy (non-hydrogen) atoms. The Morgan fingerprint density at radius 3 is 1.93 bits per heavy atom. The highest BCUT2D eigenvalue weighted by molar-refractivity contribution is 7.90. The van der Waals surface area contributed by atoms with E-state index in [-0.39, 0.29) is 5.92 Å². The lowest BCUT2D eigenvalue weighted by atomic mass is 10.0. The van der Waals surface area contributed by atoms with Gasteiger partial charge in [0.05, 0.1) is 10.5 Å². The molecule has 0 saturated carbocycles. The smallest absolute Gasteiger partial charge is 0.213 e. The number of hydrogen-bond donors (Lipinski definition) is 2. The van der Waals surface area contributed by atoms with Crippen LogP contribution >= 0.6 is 0 Å². The van der Waals surface area contributed by atoms with E-state index in [4.69, 9.17) is 0 Å². The Labute approximate surface area is 170 Å². The maximum atomic E-state index is 11.8. The predicted octanol–water partition coefficient (Wildman–Crippen LogP) is 2.58. The van der Waals surface area contributed by atoms with Crippen LogP contribution in [0.4, 0.5) is 0 Å². The molecule has 6 nitrogen and oxygen atoms in total. The minimum absolute atomic E-state index is 0.0597. The summed E-state index contributed by atoms with van der Waals surface area (Å²) in [5.41, 5.74) is 1.92. The first kappa shape index (κ1) is 24.6. The van der Waals surface area contributed by atoms with Crippen LogP contribution in [0.5, 0.6) is 0 Å². The van der Waals surface area contributed by atoms with E-state index in [1.54, 1.807) is 27.7 Å². The van der Waals surface area contributed by atoms with E-state index in [1.807, 2.05) is 31.2 Å². The van der Waals surface area contributed by atoms with E-state index in [9.17, 15) is 16.8 Å². The average Bonchev–Trinajstić information content (AvgIpc) is 2.62. The van der Waals surface area contributed by atoms with Crippen molar-refractivity contribution in [2.45, 2.75) is 63.9 Å². The molecule has 0 fully saturated rings. The molecule has 0 aliphatic rings.